The summed E-state index contributed by atoms with van der Waals surface area (Å²) in [5.41, 5.74) is 2.82. The number of hydrogen-bond donors (Lipinski definition) is 0. The van der Waals surface area contributed by atoms with E-state index in [1.807, 2.05) is 26.0 Å². The van der Waals surface area contributed by atoms with Crippen molar-refractivity contribution in [2.24, 2.45) is 0 Å². The van der Waals surface area contributed by atoms with Gasteiger partial charge in [0.25, 0.3) is 0 Å². The molecule has 22 heavy (non-hydrogen) atoms. The standard InChI is InChI=1S/C17H15B.C3H9N/c1-2-8-17(9-3-1)18-13-14-10-11-15-6-4-5-7-16(15)12-14;1-4(2)3/h1-12,18H,13H2;1-3H3. The third kappa shape index (κ3) is 5.38. The smallest absolute Gasteiger partial charge is 0.162 e. The van der Waals surface area contributed by atoms with Crippen LogP contribution in [0.3, 0.4) is 0 Å². The number of rotatable bonds is 3. The van der Waals surface area contributed by atoms with Gasteiger partial charge in [-0.2, -0.15) is 0 Å². The first-order chi connectivity index (χ1) is 10.6. The topological polar surface area (TPSA) is 3.24 Å². The Morgan fingerprint density at radius 1 is 0.727 bits per heavy atom. The van der Waals surface area contributed by atoms with Crippen LogP contribution >= 0.6 is 0 Å². The Hall–Kier alpha value is -2.06. The van der Waals surface area contributed by atoms with E-state index in [4.69, 9.17) is 0 Å². The van der Waals surface area contributed by atoms with Crippen LogP contribution < -0.4 is 5.46 Å². The Morgan fingerprint density at radius 2 is 1.32 bits per heavy atom. The van der Waals surface area contributed by atoms with Gasteiger partial charge in [-0.25, -0.2) is 0 Å². The lowest BCUT2D eigenvalue weighted by atomic mass is 9.65. The van der Waals surface area contributed by atoms with E-state index in [2.05, 4.69) is 72.8 Å². The number of benzene rings is 3. The van der Waals surface area contributed by atoms with Crippen molar-refractivity contribution in [1.29, 1.82) is 0 Å². The molecule has 0 unspecified atom stereocenters. The summed E-state index contributed by atoms with van der Waals surface area (Å²) in [5, 5.41) is 2.66. The maximum Gasteiger partial charge on any atom is 0.162 e. The van der Waals surface area contributed by atoms with Gasteiger partial charge in [-0.3, -0.25) is 0 Å². The highest BCUT2D eigenvalue weighted by atomic mass is 15.0. The summed E-state index contributed by atoms with van der Waals surface area (Å²) in [4.78, 5) is 2.00. The summed E-state index contributed by atoms with van der Waals surface area (Å²) in [7, 11) is 7.11. The molecule has 2 heteroatoms. The van der Waals surface area contributed by atoms with E-state index in [1.165, 1.54) is 21.8 Å². The molecule has 0 saturated carbocycles. The third-order valence-corrected chi connectivity index (χ3v) is 3.36. The molecule has 0 aromatic heterocycles. The molecule has 0 aliphatic heterocycles. The normalized spacial score (nSPS) is 10.2. The van der Waals surface area contributed by atoms with Crippen LogP contribution in [-0.4, -0.2) is 33.3 Å². The predicted octanol–water partition coefficient (Wildman–Crippen LogP) is 3.28. The van der Waals surface area contributed by atoms with Crippen LogP contribution in [-0.2, 0) is 6.32 Å². The Balaban J connectivity index is 0.000000396. The van der Waals surface area contributed by atoms with Crippen molar-refractivity contribution in [1.82, 2.24) is 4.90 Å². The molecule has 0 N–H and O–H groups in total. The van der Waals surface area contributed by atoms with Crippen molar-refractivity contribution in [2.45, 2.75) is 6.32 Å². The van der Waals surface area contributed by atoms with E-state index >= 15 is 0 Å². The number of fused-ring (bicyclic) bond motifs is 1. The Bertz CT molecular complexity index is 689. The summed E-state index contributed by atoms with van der Waals surface area (Å²) in [6, 6.07) is 26.0. The van der Waals surface area contributed by atoms with Crippen molar-refractivity contribution in [3.8, 4) is 0 Å². The van der Waals surface area contributed by atoms with Crippen LogP contribution in [0.5, 0.6) is 0 Å². The van der Waals surface area contributed by atoms with E-state index in [0.717, 1.165) is 13.6 Å². The van der Waals surface area contributed by atoms with Gasteiger partial charge in [0.15, 0.2) is 7.28 Å². The van der Waals surface area contributed by atoms with Crippen molar-refractivity contribution in [3.05, 3.63) is 78.4 Å². The zero-order valence-electron chi connectivity index (χ0n) is 13.8. The molecule has 0 fully saturated rings. The summed E-state index contributed by atoms with van der Waals surface area (Å²) in [6.45, 7) is 0. The van der Waals surface area contributed by atoms with E-state index in [1.54, 1.807) is 0 Å². The van der Waals surface area contributed by atoms with Crippen molar-refractivity contribution in [2.75, 3.05) is 21.1 Å². The molecule has 112 valence electrons. The molecule has 0 radical (unpaired) electrons. The molecule has 3 aromatic rings. The highest BCUT2D eigenvalue weighted by Crippen LogP contribution is 2.15. The van der Waals surface area contributed by atoms with Crippen LogP contribution in [0, 0.1) is 0 Å². The zero-order valence-corrected chi connectivity index (χ0v) is 13.8. The molecule has 0 aliphatic carbocycles. The van der Waals surface area contributed by atoms with Gasteiger partial charge in [0, 0.05) is 0 Å². The summed E-state index contributed by atoms with van der Waals surface area (Å²) < 4.78 is 0. The monoisotopic (exact) mass is 289 g/mol. The van der Waals surface area contributed by atoms with E-state index in [0.29, 0.717) is 0 Å². The maximum atomic E-state index is 2.30. The van der Waals surface area contributed by atoms with E-state index < -0.39 is 0 Å². The van der Waals surface area contributed by atoms with Gasteiger partial charge < -0.3 is 4.90 Å². The van der Waals surface area contributed by atoms with Crippen LogP contribution in [0.4, 0.5) is 0 Å². The largest absolute Gasteiger partial charge is 0.312 e. The molecule has 0 spiro atoms. The highest BCUT2D eigenvalue weighted by molar-refractivity contribution is 6.52. The third-order valence-electron chi connectivity index (χ3n) is 3.36. The summed E-state index contributed by atoms with van der Waals surface area (Å²) in [6.07, 6.45) is 1.11. The molecule has 0 saturated heterocycles. The molecule has 3 rings (SSSR count). The average Bonchev–Trinajstić information content (AvgIpc) is 2.53. The quantitative estimate of drug-likeness (QED) is 0.669. The highest BCUT2D eigenvalue weighted by Gasteiger charge is 1.99. The maximum absolute atomic E-state index is 2.30. The van der Waals surface area contributed by atoms with Crippen LogP contribution in [0.1, 0.15) is 5.56 Å². The lowest BCUT2D eigenvalue weighted by Gasteiger charge is -2.03. The van der Waals surface area contributed by atoms with Crippen molar-refractivity contribution < 1.29 is 0 Å². The zero-order chi connectivity index (χ0) is 15.8. The van der Waals surface area contributed by atoms with Crippen LogP contribution in [0.15, 0.2) is 72.8 Å². The lowest BCUT2D eigenvalue weighted by molar-refractivity contribution is 0.505. The van der Waals surface area contributed by atoms with Crippen LogP contribution in [0.25, 0.3) is 10.8 Å². The molecule has 0 aliphatic rings. The van der Waals surface area contributed by atoms with Gasteiger partial charge in [-0.05, 0) is 38.2 Å². The predicted molar refractivity (Wildman–Crippen MR) is 100 cm³/mol. The fraction of sp³-hybridized carbons (Fsp3) is 0.200. The average molecular weight is 289 g/mol. The second kappa shape index (κ2) is 8.40. The molecular formula is C20H24BN. The Morgan fingerprint density at radius 3 is 2.00 bits per heavy atom. The van der Waals surface area contributed by atoms with Gasteiger partial charge in [0.05, 0.1) is 0 Å². The second-order valence-electron chi connectivity index (χ2n) is 6.01. The lowest BCUT2D eigenvalue weighted by Crippen LogP contribution is -2.15. The minimum atomic E-state index is 1.11. The summed E-state index contributed by atoms with van der Waals surface area (Å²) >= 11 is 0. The van der Waals surface area contributed by atoms with Gasteiger partial charge >= 0.3 is 0 Å². The second-order valence-corrected chi connectivity index (χ2v) is 6.01. The Labute approximate surface area is 134 Å². The number of nitrogens with zero attached hydrogens (tertiary/aromatic N) is 1. The fourth-order valence-corrected chi connectivity index (χ4v) is 2.33. The minimum absolute atomic E-state index is 1.11. The van der Waals surface area contributed by atoms with Gasteiger partial charge in [0.1, 0.15) is 0 Å². The van der Waals surface area contributed by atoms with E-state index in [9.17, 15) is 0 Å². The molecular weight excluding hydrogens is 265 g/mol. The first-order valence-electron chi connectivity index (χ1n) is 7.77. The van der Waals surface area contributed by atoms with E-state index in [-0.39, 0.29) is 0 Å². The summed E-state index contributed by atoms with van der Waals surface area (Å²) in [5.74, 6) is 0. The SMILES string of the molecule is B(Cc1ccc2ccccc2c1)c1ccccc1.CN(C)C. The first kappa shape index (κ1) is 16.3. The van der Waals surface area contributed by atoms with Gasteiger partial charge in [-0.15, -0.1) is 0 Å². The molecule has 0 atom stereocenters. The van der Waals surface area contributed by atoms with Crippen molar-refractivity contribution >= 4 is 23.5 Å². The molecule has 0 bridgehead atoms. The minimum Gasteiger partial charge on any atom is -0.312 e. The molecule has 0 heterocycles. The number of hydrogen-bond acceptors (Lipinski definition) is 1. The van der Waals surface area contributed by atoms with Crippen molar-refractivity contribution in [3.63, 3.8) is 0 Å². The fourth-order valence-electron chi connectivity index (χ4n) is 2.33. The molecule has 3 aromatic carbocycles. The molecule has 0 amide bonds. The van der Waals surface area contributed by atoms with Gasteiger partial charge in [-0.1, -0.05) is 83.8 Å². The first-order valence-corrected chi connectivity index (χ1v) is 7.77. The van der Waals surface area contributed by atoms with Gasteiger partial charge in [0.2, 0.25) is 0 Å². The molecule has 1 nitrogen and oxygen atoms in total. The Kier molecular flexibility index (Phi) is 6.23. The van der Waals surface area contributed by atoms with Crippen LogP contribution in [0.2, 0.25) is 0 Å².